The van der Waals surface area contributed by atoms with E-state index in [1.54, 1.807) is 0 Å². The molecule has 6 N–H and O–H groups in total. The molecule has 2 aliphatic heterocycles. The topological polar surface area (TPSA) is 122 Å². The molecule has 11 nitrogen and oxygen atoms in total. The van der Waals surface area contributed by atoms with Gasteiger partial charge in [0.25, 0.3) is 0 Å². The molecule has 8 aromatic rings. The second-order valence-corrected chi connectivity index (χ2v) is 20.0. The van der Waals surface area contributed by atoms with Crippen LogP contribution in [0, 0.1) is 0 Å². The molecule has 14 rings (SSSR count). The van der Waals surface area contributed by atoms with Crippen LogP contribution in [0.15, 0.2) is 287 Å². The SMILES string of the molecule is Nc1ccc(NC2=C[C@@H]3C(=NC4=CC=C(Nc5ccc6nc7ccc(NC8=CC=C9N=C%10C=CC(Nc%11ccccc%11)=C[C@H]%10N(c%10ccccc%10)[C@H]9C8)cc7[n+](-c7ccccc7)c6c5)C[C@@H]4N3c3ccccc3)C=C2)cc1. The Morgan fingerprint density at radius 2 is 0.883 bits per heavy atom. The minimum Gasteiger partial charge on any atom is -0.399 e. The van der Waals surface area contributed by atoms with E-state index in [4.69, 9.17) is 20.7 Å². The van der Waals surface area contributed by atoms with Gasteiger partial charge in [-0.3, -0.25) is 9.98 Å². The first-order valence-corrected chi connectivity index (χ1v) is 26.3. The number of hydrogen-bond acceptors (Lipinski definition) is 10. The quantitative estimate of drug-likeness (QED) is 0.0493. The second-order valence-electron chi connectivity index (χ2n) is 20.0. The molecule has 1 aromatic heterocycles. The molecule has 4 atom stereocenters. The number of nitrogens with one attached hydrogen (secondary N) is 4. The Balaban J connectivity index is 0.764. The number of para-hydroxylation sites is 4. The van der Waals surface area contributed by atoms with Gasteiger partial charge in [-0.05, 0) is 146 Å². The number of hydrogen-bond donors (Lipinski definition) is 5. The summed E-state index contributed by atoms with van der Waals surface area (Å²) >= 11 is 0. The zero-order chi connectivity index (χ0) is 51.2. The van der Waals surface area contributed by atoms with E-state index < -0.39 is 0 Å². The normalized spacial score (nSPS) is 20.1. The lowest BCUT2D eigenvalue weighted by molar-refractivity contribution is -0.538. The molecule has 372 valence electrons. The molecule has 0 unspecified atom stereocenters. The van der Waals surface area contributed by atoms with Crippen molar-refractivity contribution in [1.29, 1.82) is 0 Å². The van der Waals surface area contributed by atoms with Crippen LogP contribution in [0.5, 0.6) is 0 Å². The zero-order valence-corrected chi connectivity index (χ0v) is 42.1. The highest BCUT2D eigenvalue weighted by atomic mass is 15.3. The number of nitrogens with zero attached hydrogens (tertiary/aromatic N) is 6. The van der Waals surface area contributed by atoms with E-state index in [9.17, 15) is 0 Å². The molecule has 0 saturated heterocycles. The Labute approximate surface area is 447 Å². The smallest absolute Gasteiger partial charge is 0.239 e. The van der Waals surface area contributed by atoms with E-state index in [0.717, 1.165) is 126 Å². The second kappa shape index (κ2) is 19.4. The number of fused-ring (bicyclic) bond motifs is 6. The predicted molar refractivity (Wildman–Crippen MR) is 316 cm³/mol. The Kier molecular flexibility index (Phi) is 11.5. The summed E-state index contributed by atoms with van der Waals surface area (Å²) < 4.78 is 2.33. The molecule has 11 heteroatoms. The number of benzene rings is 7. The van der Waals surface area contributed by atoms with Crippen molar-refractivity contribution in [1.82, 2.24) is 4.98 Å². The van der Waals surface area contributed by atoms with Crippen molar-refractivity contribution in [3.05, 3.63) is 277 Å². The monoisotopic (exact) mass is 1000 g/mol. The number of nitrogens with two attached hydrogens (primary N) is 1. The number of aromatic nitrogens is 2. The van der Waals surface area contributed by atoms with Crippen molar-refractivity contribution in [2.24, 2.45) is 9.98 Å². The van der Waals surface area contributed by atoms with Gasteiger partial charge in [0.15, 0.2) is 0 Å². The summed E-state index contributed by atoms with van der Waals surface area (Å²) in [5.41, 5.74) is 26.3. The van der Waals surface area contributed by atoms with Gasteiger partial charge in [-0.1, -0.05) is 72.8 Å². The van der Waals surface area contributed by atoms with Crippen molar-refractivity contribution in [3.63, 3.8) is 0 Å². The van der Waals surface area contributed by atoms with Gasteiger partial charge in [-0.15, -0.1) is 4.57 Å². The van der Waals surface area contributed by atoms with Crippen molar-refractivity contribution >= 4 is 73.3 Å². The van der Waals surface area contributed by atoms with Gasteiger partial charge in [0, 0.05) is 99.7 Å². The Hall–Kier alpha value is -10.0. The molecular formula is C66H54N11+. The number of rotatable bonds is 11. The minimum atomic E-state index is -0.0744. The van der Waals surface area contributed by atoms with Crippen LogP contribution in [0.25, 0.3) is 27.8 Å². The molecule has 6 aliphatic rings. The molecule has 0 fully saturated rings. The summed E-state index contributed by atoms with van der Waals surface area (Å²) in [6.07, 6.45) is 23.3. The van der Waals surface area contributed by atoms with Gasteiger partial charge < -0.3 is 36.8 Å². The van der Waals surface area contributed by atoms with Crippen molar-refractivity contribution in [2.75, 3.05) is 36.8 Å². The molecule has 0 bridgehead atoms. The molecule has 77 heavy (non-hydrogen) atoms. The van der Waals surface area contributed by atoms with Gasteiger partial charge in [0.05, 0.1) is 47.0 Å². The zero-order valence-electron chi connectivity index (χ0n) is 42.1. The molecule has 0 spiro atoms. The van der Waals surface area contributed by atoms with E-state index >= 15 is 0 Å². The Bertz CT molecular complexity index is 3940. The van der Waals surface area contributed by atoms with Gasteiger partial charge in [0.2, 0.25) is 16.7 Å². The minimum absolute atomic E-state index is 0.00664. The van der Waals surface area contributed by atoms with Gasteiger partial charge >= 0.3 is 0 Å². The molecule has 0 saturated carbocycles. The van der Waals surface area contributed by atoms with Crippen LogP contribution in [-0.2, 0) is 0 Å². The summed E-state index contributed by atoms with van der Waals surface area (Å²) in [5.74, 6) is 0. The first-order valence-electron chi connectivity index (χ1n) is 26.3. The van der Waals surface area contributed by atoms with E-state index in [1.165, 1.54) is 0 Å². The molecule has 4 aliphatic carbocycles. The number of nitrogen functional groups attached to an aromatic ring is 1. The van der Waals surface area contributed by atoms with Crippen molar-refractivity contribution < 1.29 is 4.57 Å². The first kappa shape index (κ1) is 45.6. The molecule has 7 aromatic carbocycles. The number of anilines is 7. The fourth-order valence-corrected chi connectivity index (χ4v) is 11.5. The number of aliphatic imine (C=N–C) groups is 2. The lowest BCUT2D eigenvalue weighted by Crippen LogP contribution is -2.52. The van der Waals surface area contributed by atoms with Gasteiger partial charge in [0.1, 0.15) is 11.0 Å². The van der Waals surface area contributed by atoms with Crippen LogP contribution < -0.4 is 41.4 Å². The maximum Gasteiger partial charge on any atom is 0.239 e. The highest BCUT2D eigenvalue weighted by Crippen LogP contribution is 2.40. The summed E-state index contributed by atoms with van der Waals surface area (Å²) in [7, 11) is 0. The summed E-state index contributed by atoms with van der Waals surface area (Å²) in [6, 6.07) is 63.0. The third-order valence-electron chi connectivity index (χ3n) is 15.0. The Morgan fingerprint density at radius 3 is 1.38 bits per heavy atom. The van der Waals surface area contributed by atoms with Gasteiger partial charge in [-0.25, -0.2) is 4.98 Å². The fourth-order valence-electron chi connectivity index (χ4n) is 11.5. The van der Waals surface area contributed by atoms with Crippen LogP contribution in [-0.4, -0.2) is 40.6 Å². The van der Waals surface area contributed by atoms with Crippen LogP contribution in [0.2, 0.25) is 0 Å². The molecule has 0 radical (unpaired) electrons. The van der Waals surface area contributed by atoms with E-state index in [1.807, 2.05) is 30.3 Å². The standard InChI is InChI=1S/C66H53N11/c67-43-21-23-45(24-22-43)69-47-26-32-56-62(38-47)76(53-17-9-3-10-18-53)64-40-49(28-34-58(64)73-56)71-51-30-36-60-66(42-51)77(54-19-11-4-12-20-54)65-41-50(29-35-59(65)74-60)70-48-27-33-57-63(39-48)75(52-15-7-2-8-16-52)61-37-46(25-31-55(61)72-57)68-44-13-5-1-6-14-44/h1-38,41-42,61-64,68H,39-40H2,(H4,67,69,70,71,74)/p+1/t61-,62-,63+,64+/m1/s1. The third-order valence-corrected chi connectivity index (χ3v) is 15.0. The molecule has 3 heterocycles. The van der Waals surface area contributed by atoms with E-state index in [2.05, 4.69) is 248 Å². The van der Waals surface area contributed by atoms with Gasteiger partial charge in [-0.2, -0.15) is 0 Å². The van der Waals surface area contributed by atoms with Crippen molar-refractivity contribution in [2.45, 2.75) is 37.0 Å². The van der Waals surface area contributed by atoms with E-state index in [-0.39, 0.29) is 24.2 Å². The maximum absolute atomic E-state index is 6.01. The summed E-state index contributed by atoms with van der Waals surface area (Å²) in [6.45, 7) is 0. The molecule has 0 amide bonds. The number of allylic oxidation sites excluding steroid dienone is 6. The highest BCUT2D eigenvalue weighted by molar-refractivity contribution is 6.07. The fraction of sp³-hybridized carbons (Fsp3) is 0.0909. The van der Waals surface area contributed by atoms with Crippen LogP contribution in [0.1, 0.15) is 12.8 Å². The lowest BCUT2D eigenvalue weighted by atomic mass is 9.91. The predicted octanol–water partition coefficient (Wildman–Crippen LogP) is 12.9. The summed E-state index contributed by atoms with van der Waals surface area (Å²) in [4.78, 5) is 20.8. The largest absolute Gasteiger partial charge is 0.399 e. The lowest BCUT2D eigenvalue weighted by Gasteiger charge is -2.45. The first-order chi connectivity index (χ1) is 38.0. The Morgan fingerprint density at radius 1 is 0.442 bits per heavy atom. The van der Waals surface area contributed by atoms with E-state index in [0.29, 0.717) is 0 Å². The van der Waals surface area contributed by atoms with Crippen molar-refractivity contribution in [3.8, 4) is 5.69 Å². The highest BCUT2D eigenvalue weighted by Gasteiger charge is 2.39. The van der Waals surface area contributed by atoms with Crippen LogP contribution >= 0.6 is 0 Å². The van der Waals surface area contributed by atoms with Crippen LogP contribution in [0.3, 0.4) is 0 Å². The maximum atomic E-state index is 6.01. The average molecular weight is 1000 g/mol. The summed E-state index contributed by atoms with van der Waals surface area (Å²) in [5, 5.41) is 14.9. The molecular weight excluding hydrogens is 947 g/mol. The average Bonchev–Trinajstić information content (AvgIpc) is 3.49. The van der Waals surface area contributed by atoms with Crippen LogP contribution in [0.4, 0.5) is 39.8 Å². The third kappa shape index (κ3) is 8.93.